The summed E-state index contributed by atoms with van der Waals surface area (Å²) in [6.07, 6.45) is 1.52. The lowest BCUT2D eigenvalue weighted by Gasteiger charge is -2.39. The topological polar surface area (TPSA) is 96.3 Å². The Morgan fingerprint density at radius 1 is 1.46 bits per heavy atom. The molecule has 1 aliphatic rings. The van der Waals surface area contributed by atoms with E-state index in [2.05, 4.69) is 9.91 Å². The number of likely N-dealkylation sites (tertiary alicyclic amines) is 1. The lowest BCUT2D eigenvalue weighted by molar-refractivity contribution is -0.139. The highest BCUT2D eigenvalue weighted by atomic mass is 35.5. The summed E-state index contributed by atoms with van der Waals surface area (Å²) in [5.41, 5.74) is 1.00. The van der Waals surface area contributed by atoms with Gasteiger partial charge in [0.2, 0.25) is 0 Å². The highest BCUT2D eigenvalue weighted by Gasteiger charge is 2.37. The van der Waals surface area contributed by atoms with Gasteiger partial charge in [-0.15, -0.1) is 0 Å². The van der Waals surface area contributed by atoms with Crippen molar-refractivity contribution in [1.82, 2.24) is 4.90 Å². The van der Waals surface area contributed by atoms with E-state index in [1.54, 1.807) is 29.2 Å². The third-order valence-corrected chi connectivity index (χ3v) is 4.25. The van der Waals surface area contributed by atoms with E-state index in [0.717, 1.165) is 0 Å². The maximum Gasteiger partial charge on any atom is 0.330 e. The van der Waals surface area contributed by atoms with Gasteiger partial charge in [0.05, 0.1) is 19.7 Å². The van der Waals surface area contributed by atoms with Crippen molar-refractivity contribution < 1.29 is 19.4 Å². The monoisotopic (exact) mass is 352 g/mol. The van der Waals surface area contributed by atoms with E-state index in [0.29, 0.717) is 29.1 Å². The number of esters is 1. The van der Waals surface area contributed by atoms with Crippen LogP contribution >= 0.6 is 11.6 Å². The summed E-state index contributed by atoms with van der Waals surface area (Å²) in [5.74, 6) is -1.64. The average Bonchev–Trinajstić information content (AvgIpc) is 2.55. The van der Waals surface area contributed by atoms with Gasteiger partial charge in [-0.25, -0.2) is 4.79 Å². The number of carbonyl (C=O) groups is 2. The molecule has 0 aliphatic carbocycles. The van der Waals surface area contributed by atoms with E-state index in [1.807, 2.05) is 0 Å². The normalized spacial score (nSPS) is 23.0. The number of methoxy groups -OCH3 is 1. The number of nitrogens with zero attached hydrogens (tertiary/aromatic N) is 2. The molecule has 24 heavy (non-hydrogen) atoms. The Bertz CT molecular complexity index is 676. The molecule has 8 heteroatoms. The Hall–Kier alpha value is -2.25. The van der Waals surface area contributed by atoms with Crippen molar-refractivity contribution in [3.05, 3.63) is 51.4 Å². The summed E-state index contributed by atoms with van der Waals surface area (Å²) in [6, 6.07) is 5.54. The first kappa shape index (κ1) is 18.1. The molecule has 0 amide bonds. The molecular formula is C16H17ClN2O5. The maximum absolute atomic E-state index is 11.7. The molecule has 1 unspecified atom stereocenters. The van der Waals surface area contributed by atoms with Gasteiger partial charge in [-0.1, -0.05) is 35.0 Å². The van der Waals surface area contributed by atoms with Crippen molar-refractivity contribution in [1.29, 1.82) is 0 Å². The first-order valence-electron chi connectivity index (χ1n) is 7.30. The fraction of sp³-hybridized carbons (Fsp3) is 0.375. The van der Waals surface area contributed by atoms with Gasteiger partial charge < -0.3 is 9.84 Å². The van der Waals surface area contributed by atoms with Gasteiger partial charge >= 0.3 is 11.9 Å². The molecule has 1 heterocycles. The minimum atomic E-state index is -1.01. The summed E-state index contributed by atoms with van der Waals surface area (Å²) in [4.78, 5) is 35.8. The fourth-order valence-electron chi connectivity index (χ4n) is 2.88. The molecule has 7 nitrogen and oxygen atoms in total. The van der Waals surface area contributed by atoms with Crippen LogP contribution in [0, 0.1) is 4.91 Å². The first-order valence-corrected chi connectivity index (χ1v) is 7.68. The molecule has 0 bridgehead atoms. The minimum Gasteiger partial charge on any atom is -0.480 e. The predicted octanol–water partition coefficient (Wildman–Crippen LogP) is 2.41. The molecule has 0 saturated carbocycles. The summed E-state index contributed by atoms with van der Waals surface area (Å²) >= 11 is 6.26. The molecular weight excluding hydrogens is 336 g/mol. The molecule has 2 atom stereocenters. The number of aliphatic carboxylic acids is 1. The predicted molar refractivity (Wildman–Crippen MR) is 87.7 cm³/mol. The Labute approximate surface area is 143 Å². The van der Waals surface area contributed by atoms with Crippen LogP contribution in [0.3, 0.4) is 0 Å². The van der Waals surface area contributed by atoms with Gasteiger partial charge in [-0.3, -0.25) is 9.69 Å². The number of piperidine rings is 1. The third kappa shape index (κ3) is 3.98. The number of carboxylic acids is 1. The molecule has 0 aromatic heterocycles. The number of hydrogen-bond acceptors (Lipinski definition) is 6. The lowest BCUT2D eigenvalue weighted by Crippen LogP contribution is -2.43. The molecule has 1 fully saturated rings. The minimum absolute atomic E-state index is 0.250. The highest BCUT2D eigenvalue weighted by Crippen LogP contribution is 2.39. The van der Waals surface area contributed by atoms with Crippen LogP contribution in [-0.4, -0.2) is 48.2 Å². The average molecular weight is 353 g/mol. The fourth-order valence-corrected chi connectivity index (χ4v) is 3.12. The van der Waals surface area contributed by atoms with Crippen molar-refractivity contribution >= 4 is 23.5 Å². The van der Waals surface area contributed by atoms with Crippen LogP contribution < -0.4 is 0 Å². The largest absolute Gasteiger partial charge is 0.480 e. The van der Waals surface area contributed by atoms with E-state index < -0.39 is 24.0 Å². The van der Waals surface area contributed by atoms with Gasteiger partial charge in [-0.2, -0.15) is 4.91 Å². The Kier molecular flexibility index (Phi) is 6.05. The van der Waals surface area contributed by atoms with E-state index in [-0.39, 0.29) is 6.54 Å². The smallest absolute Gasteiger partial charge is 0.330 e. The zero-order valence-corrected chi connectivity index (χ0v) is 13.8. The van der Waals surface area contributed by atoms with Crippen molar-refractivity contribution in [2.24, 2.45) is 5.18 Å². The molecule has 1 aromatic carbocycles. The van der Waals surface area contributed by atoms with Crippen LogP contribution in [-0.2, 0) is 14.3 Å². The number of rotatable bonds is 5. The van der Waals surface area contributed by atoms with Gasteiger partial charge in [-0.05, 0) is 23.6 Å². The Morgan fingerprint density at radius 2 is 2.17 bits per heavy atom. The summed E-state index contributed by atoms with van der Waals surface area (Å²) in [7, 11) is 1.23. The maximum atomic E-state index is 11.7. The van der Waals surface area contributed by atoms with Gasteiger partial charge in [0.1, 0.15) is 6.04 Å². The Morgan fingerprint density at radius 3 is 2.75 bits per heavy atom. The van der Waals surface area contributed by atoms with E-state index >= 15 is 0 Å². The second-order valence-electron chi connectivity index (χ2n) is 5.37. The van der Waals surface area contributed by atoms with Crippen LogP contribution in [0.2, 0.25) is 5.02 Å². The van der Waals surface area contributed by atoms with Gasteiger partial charge in [0.25, 0.3) is 0 Å². The third-order valence-electron chi connectivity index (χ3n) is 3.91. The Balaban J connectivity index is 2.56. The number of hydrogen-bond donors (Lipinski definition) is 1. The highest BCUT2D eigenvalue weighted by molar-refractivity contribution is 6.31. The van der Waals surface area contributed by atoms with E-state index in [1.165, 1.54) is 13.2 Å². The van der Waals surface area contributed by atoms with Crippen molar-refractivity contribution in [2.75, 3.05) is 20.2 Å². The number of ether oxygens (including phenoxy) is 1. The molecule has 128 valence electrons. The number of benzene rings is 1. The van der Waals surface area contributed by atoms with Crippen molar-refractivity contribution in [2.45, 2.75) is 18.5 Å². The second kappa shape index (κ2) is 8.03. The van der Waals surface area contributed by atoms with Gasteiger partial charge in [0, 0.05) is 17.6 Å². The second-order valence-corrected chi connectivity index (χ2v) is 5.77. The summed E-state index contributed by atoms with van der Waals surface area (Å²) < 4.78 is 4.65. The quantitative estimate of drug-likeness (QED) is 0.496. The number of halogens is 1. The van der Waals surface area contributed by atoms with E-state index in [9.17, 15) is 14.5 Å². The molecule has 1 aromatic rings. The van der Waals surface area contributed by atoms with Crippen molar-refractivity contribution in [3.63, 3.8) is 0 Å². The molecule has 1 saturated heterocycles. The standard InChI is InChI=1S/C16H17ClN2O5/c1-24-15(22)8-11-13(18-23)6-7-19(9-14(20)21)16(11)10-4-2-3-5-12(10)17/h2-5,8,13,16H,6-7,9H2,1H3,(H,20,21)/b11-8+/t13?,16-/m1/s1. The van der Waals surface area contributed by atoms with Crippen molar-refractivity contribution in [3.8, 4) is 0 Å². The van der Waals surface area contributed by atoms with E-state index in [4.69, 9.17) is 16.7 Å². The number of carbonyl (C=O) groups excluding carboxylic acids is 1. The molecule has 0 spiro atoms. The van der Waals surface area contributed by atoms with Crippen LogP contribution in [0.25, 0.3) is 0 Å². The number of carboxylic acid groups (broad SMARTS) is 1. The summed E-state index contributed by atoms with van der Waals surface area (Å²) in [5, 5.41) is 12.7. The zero-order valence-electron chi connectivity index (χ0n) is 13.0. The lowest BCUT2D eigenvalue weighted by atomic mass is 9.86. The number of nitroso groups, excluding NO2 is 1. The zero-order chi connectivity index (χ0) is 17.7. The van der Waals surface area contributed by atoms with Crippen LogP contribution in [0.5, 0.6) is 0 Å². The van der Waals surface area contributed by atoms with Crippen LogP contribution in [0.1, 0.15) is 18.0 Å². The molecule has 1 aliphatic heterocycles. The van der Waals surface area contributed by atoms with Crippen LogP contribution in [0.15, 0.2) is 41.1 Å². The van der Waals surface area contributed by atoms with Gasteiger partial charge in [0.15, 0.2) is 0 Å². The van der Waals surface area contributed by atoms with Crippen LogP contribution in [0.4, 0.5) is 0 Å². The summed E-state index contributed by atoms with van der Waals surface area (Å²) in [6.45, 7) is 0.0943. The first-order chi connectivity index (χ1) is 11.5. The molecule has 2 rings (SSSR count). The molecule has 1 N–H and O–H groups in total. The SMILES string of the molecule is COC(=O)/C=C1\C(N=O)CCN(CC(=O)O)[C@@H]1c1ccccc1Cl. The molecule has 0 radical (unpaired) electrons.